The average molecular weight is 264 g/mol. The third-order valence-electron chi connectivity index (χ3n) is 1.93. The van der Waals surface area contributed by atoms with Gasteiger partial charge in [0.2, 0.25) is 5.06 Å². The van der Waals surface area contributed by atoms with Crippen LogP contribution in [-0.2, 0) is 4.79 Å². The standard InChI is InChI=1S/C10H8N4O3S/c1-6-9(17-5-15)18-10(13-6)14-8(16)7-4-11-2-3-12-7/h2-5H,1H3,(H,13,14,16). The Labute approximate surface area is 106 Å². The van der Waals surface area contributed by atoms with E-state index >= 15 is 0 Å². The second-order valence-electron chi connectivity index (χ2n) is 3.15. The Morgan fingerprint density at radius 1 is 1.50 bits per heavy atom. The molecular formula is C10H8N4O3S. The molecule has 0 radical (unpaired) electrons. The Hall–Kier alpha value is -2.35. The number of aromatic nitrogens is 3. The summed E-state index contributed by atoms with van der Waals surface area (Å²) in [5.74, 6) is -0.422. The van der Waals surface area contributed by atoms with Crippen molar-refractivity contribution >= 4 is 28.8 Å². The highest BCUT2D eigenvalue weighted by atomic mass is 32.1. The summed E-state index contributed by atoms with van der Waals surface area (Å²) >= 11 is 1.06. The predicted octanol–water partition coefficient (Wildman–Crippen LogP) is 1.03. The largest absolute Gasteiger partial charge is 0.416 e. The number of rotatable bonds is 4. The van der Waals surface area contributed by atoms with Gasteiger partial charge in [0.1, 0.15) is 5.69 Å². The Kier molecular flexibility index (Phi) is 3.58. The van der Waals surface area contributed by atoms with E-state index in [0.29, 0.717) is 22.4 Å². The van der Waals surface area contributed by atoms with Crippen molar-refractivity contribution in [2.45, 2.75) is 6.92 Å². The molecule has 0 bridgehead atoms. The van der Waals surface area contributed by atoms with Crippen molar-refractivity contribution < 1.29 is 14.3 Å². The molecule has 0 atom stereocenters. The van der Waals surface area contributed by atoms with E-state index in [1.807, 2.05) is 0 Å². The second-order valence-corrected chi connectivity index (χ2v) is 4.11. The van der Waals surface area contributed by atoms with Gasteiger partial charge in [0.15, 0.2) is 5.13 Å². The van der Waals surface area contributed by atoms with Gasteiger partial charge in [0, 0.05) is 12.4 Å². The number of thiazole rings is 1. The van der Waals surface area contributed by atoms with Crippen LogP contribution in [0.4, 0.5) is 5.13 Å². The van der Waals surface area contributed by atoms with Crippen molar-refractivity contribution in [3.05, 3.63) is 30.0 Å². The second kappa shape index (κ2) is 5.32. The molecule has 1 amide bonds. The van der Waals surface area contributed by atoms with E-state index in [1.165, 1.54) is 18.6 Å². The van der Waals surface area contributed by atoms with E-state index < -0.39 is 5.91 Å². The van der Waals surface area contributed by atoms with E-state index in [2.05, 4.69) is 20.3 Å². The molecular weight excluding hydrogens is 256 g/mol. The van der Waals surface area contributed by atoms with Crippen LogP contribution in [0.1, 0.15) is 16.2 Å². The van der Waals surface area contributed by atoms with Gasteiger partial charge < -0.3 is 4.74 Å². The summed E-state index contributed by atoms with van der Waals surface area (Å²) < 4.78 is 4.70. The quantitative estimate of drug-likeness (QED) is 0.829. The third-order valence-corrected chi connectivity index (χ3v) is 2.89. The number of nitrogens with one attached hydrogen (secondary N) is 1. The van der Waals surface area contributed by atoms with E-state index in [9.17, 15) is 9.59 Å². The third kappa shape index (κ3) is 2.66. The van der Waals surface area contributed by atoms with Crippen LogP contribution in [-0.4, -0.2) is 27.3 Å². The van der Waals surface area contributed by atoms with Crippen molar-refractivity contribution in [1.29, 1.82) is 0 Å². The van der Waals surface area contributed by atoms with Crippen LogP contribution in [0, 0.1) is 6.92 Å². The minimum absolute atomic E-state index is 0.184. The zero-order valence-electron chi connectivity index (χ0n) is 9.28. The summed E-state index contributed by atoms with van der Waals surface area (Å²) in [6.07, 6.45) is 4.24. The van der Waals surface area contributed by atoms with Crippen LogP contribution in [0.15, 0.2) is 18.6 Å². The summed E-state index contributed by atoms with van der Waals surface area (Å²) in [5.41, 5.74) is 0.713. The lowest BCUT2D eigenvalue weighted by atomic mass is 10.4. The molecule has 2 aromatic rings. The highest BCUT2D eigenvalue weighted by Gasteiger charge is 2.13. The van der Waals surface area contributed by atoms with Gasteiger partial charge in [0.25, 0.3) is 12.4 Å². The minimum Gasteiger partial charge on any atom is -0.416 e. The normalized spacial score (nSPS) is 9.83. The molecule has 92 valence electrons. The molecule has 0 unspecified atom stereocenters. The fourth-order valence-corrected chi connectivity index (χ4v) is 1.95. The monoisotopic (exact) mass is 264 g/mol. The number of carbonyl (C=O) groups is 2. The molecule has 0 saturated carbocycles. The lowest BCUT2D eigenvalue weighted by Crippen LogP contribution is -2.13. The first kappa shape index (κ1) is 12.1. The van der Waals surface area contributed by atoms with Gasteiger partial charge in [-0.25, -0.2) is 9.97 Å². The molecule has 2 aromatic heterocycles. The van der Waals surface area contributed by atoms with Gasteiger partial charge in [-0.2, -0.15) is 0 Å². The Balaban J connectivity index is 2.12. The molecule has 0 saturated heterocycles. The number of anilines is 1. The fraction of sp³-hybridized carbons (Fsp3) is 0.100. The van der Waals surface area contributed by atoms with Gasteiger partial charge in [0.05, 0.1) is 11.9 Å². The minimum atomic E-state index is -0.422. The maximum absolute atomic E-state index is 11.7. The van der Waals surface area contributed by atoms with Crippen LogP contribution in [0.25, 0.3) is 0 Å². The van der Waals surface area contributed by atoms with E-state index in [1.54, 1.807) is 6.92 Å². The van der Waals surface area contributed by atoms with Crippen molar-refractivity contribution in [1.82, 2.24) is 15.0 Å². The summed E-state index contributed by atoms with van der Waals surface area (Å²) in [4.78, 5) is 33.7. The van der Waals surface area contributed by atoms with Crippen LogP contribution in [0.5, 0.6) is 5.06 Å². The van der Waals surface area contributed by atoms with Crippen molar-refractivity contribution in [2.75, 3.05) is 5.32 Å². The Bertz CT molecular complexity index is 570. The summed E-state index contributed by atoms with van der Waals surface area (Å²) in [6, 6.07) is 0. The highest BCUT2D eigenvalue weighted by Crippen LogP contribution is 2.29. The SMILES string of the molecule is Cc1nc(NC(=O)c2cnccn2)sc1OC=O. The van der Waals surface area contributed by atoms with E-state index in [4.69, 9.17) is 4.74 Å². The predicted molar refractivity (Wildman–Crippen MR) is 63.5 cm³/mol. The molecule has 0 fully saturated rings. The lowest BCUT2D eigenvalue weighted by Gasteiger charge is -1.98. The maximum atomic E-state index is 11.7. The lowest BCUT2D eigenvalue weighted by molar-refractivity contribution is -0.120. The number of amides is 1. The fourth-order valence-electron chi connectivity index (χ4n) is 1.17. The first-order valence-electron chi connectivity index (χ1n) is 4.86. The molecule has 0 aliphatic rings. The number of hydrogen-bond donors (Lipinski definition) is 1. The van der Waals surface area contributed by atoms with Gasteiger partial charge >= 0.3 is 0 Å². The van der Waals surface area contributed by atoms with E-state index in [-0.39, 0.29) is 5.69 Å². The number of ether oxygens (including phenoxy) is 1. The molecule has 1 N–H and O–H groups in total. The van der Waals surface area contributed by atoms with Gasteiger partial charge in [-0.15, -0.1) is 0 Å². The molecule has 18 heavy (non-hydrogen) atoms. The van der Waals surface area contributed by atoms with Gasteiger partial charge in [-0.3, -0.25) is 19.9 Å². The Morgan fingerprint density at radius 2 is 2.33 bits per heavy atom. The summed E-state index contributed by atoms with van der Waals surface area (Å²) in [7, 11) is 0. The van der Waals surface area contributed by atoms with Crippen molar-refractivity contribution in [2.24, 2.45) is 0 Å². The molecule has 2 rings (SSSR count). The van der Waals surface area contributed by atoms with Crippen LogP contribution in [0.3, 0.4) is 0 Å². The molecule has 0 aromatic carbocycles. The zero-order valence-corrected chi connectivity index (χ0v) is 10.1. The molecule has 0 spiro atoms. The number of nitrogens with zero attached hydrogens (tertiary/aromatic N) is 3. The van der Waals surface area contributed by atoms with Crippen LogP contribution < -0.4 is 10.1 Å². The van der Waals surface area contributed by atoms with Gasteiger partial charge in [-0.05, 0) is 6.92 Å². The first-order chi connectivity index (χ1) is 8.70. The van der Waals surface area contributed by atoms with Crippen molar-refractivity contribution in [3.8, 4) is 5.06 Å². The van der Waals surface area contributed by atoms with E-state index in [0.717, 1.165) is 11.3 Å². The average Bonchev–Trinajstić information content (AvgIpc) is 2.71. The van der Waals surface area contributed by atoms with Crippen molar-refractivity contribution in [3.63, 3.8) is 0 Å². The number of carbonyl (C=O) groups excluding carboxylic acids is 2. The van der Waals surface area contributed by atoms with Crippen LogP contribution >= 0.6 is 11.3 Å². The Morgan fingerprint density at radius 3 is 3.00 bits per heavy atom. The topological polar surface area (TPSA) is 94.1 Å². The molecule has 0 aliphatic heterocycles. The molecule has 7 nitrogen and oxygen atoms in total. The smallest absolute Gasteiger partial charge is 0.299 e. The van der Waals surface area contributed by atoms with Crippen LogP contribution in [0.2, 0.25) is 0 Å². The molecule has 0 aliphatic carbocycles. The van der Waals surface area contributed by atoms with Gasteiger partial charge in [-0.1, -0.05) is 11.3 Å². The summed E-state index contributed by atoms with van der Waals surface area (Å²) in [5, 5.41) is 3.23. The number of hydrogen-bond acceptors (Lipinski definition) is 7. The molecule has 8 heteroatoms. The first-order valence-corrected chi connectivity index (χ1v) is 5.67. The molecule has 2 heterocycles. The number of aryl methyl sites for hydroxylation is 1. The maximum Gasteiger partial charge on any atom is 0.299 e. The summed E-state index contributed by atoms with van der Waals surface area (Å²) in [6.45, 7) is 1.99. The highest BCUT2D eigenvalue weighted by molar-refractivity contribution is 7.17. The zero-order chi connectivity index (χ0) is 13.0.